The molecule has 0 radical (unpaired) electrons. The van der Waals surface area contributed by atoms with Gasteiger partial charge in [0.2, 0.25) is 0 Å². The van der Waals surface area contributed by atoms with Gasteiger partial charge in [0.05, 0.1) is 12.7 Å². The molecular weight excluding hydrogens is 502 g/mol. The van der Waals surface area contributed by atoms with Gasteiger partial charge < -0.3 is 19.9 Å². The minimum atomic E-state index is 0.466. The second kappa shape index (κ2) is 23.3. The second-order valence-electron chi connectivity index (χ2n) is 15.7. The van der Waals surface area contributed by atoms with Gasteiger partial charge in [-0.05, 0) is 127 Å². The highest BCUT2D eigenvalue weighted by molar-refractivity contribution is 4.72. The lowest BCUT2D eigenvalue weighted by molar-refractivity contribution is 0.0163. The number of morpholine rings is 1. The molecule has 1 unspecified atom stereocenters. The number of rotatable bonds is 7. The summed E-state index contributed by atoms with van der Waals surface area (Å²) in [5.41, 5.74) is 0. The molecule has 4 rings (SSSR count). The van der Waals surface area contributed by atoms with Crippen LogP contribution in [0.4, 0.5) is 0 Å². The Kier molecular flexibility index (Phi) is 22.0. The van der Waals surface area contributed by atoms with Crippen LogP contribution in [0.15, 0.2) is 0 Å². The molecule has 1 atom stereocenters. The highest BCUT2D eigenvalue weighted by atomic mass is 16.5. The van der Waals surface area contributed by atoms with E-state index in [0.29, 0.717) is 6.10 Å². The van der Waals surface area contributed by atoms with Crippen molar-refractivity contribution in [2.24, 2.45) is 41.4 Å². The van der Waals surface area contributed by atoms with Crippen molar-refractivity contribution >= 4 is 0 Å². The van der Waals surface area contributed by atoms with Crippen molar-refractivity contribution in [2.75, 3.05) is 60.0 Å². The van der Waals surface area contributed by atoms with E-state index < -0.39 is 0 Å². The van der Waals surface area contributed by atoms with Crippen LogP contribution in [0.3, 0.4) is 0 Å². The number of likely N-dealkylation sites (tertiary alicyclic amines) is 2. The zero-order valence-electron chi connectivity index (χ0n) is 29.9. The van der Waals surface area contributed by atoms with Crippen molar-refractivity contribution in [3.8, 4) is 0 Å². The Hall–Kier alpha value is -0.160. The Bertz CT molecular complexity index is 541. The minimum Gasteiger partial charge on any atom is -0.376 e. The molecule has 246 valence electrons. The molecular formula is C37H77N3O. The van der Waals surface area contributed by atoms with Gasteiger partial charge in [-0.1, -0.05) is 87.5 Å². The third kappa shape index (κ3) is 21.2. The molecule has 3 heterocycles. The van der Waals surface area contributed by atoms with Crippen LogP contribution in [0.5, 0.6) is 0 Å². The summed E-state index contributed by atoms with van der Waals surface area (Å²) in [5.74, 6) is 6.56. The first-order valence-corrected chi connectivity index (χ1v) is 18.2. The molecule has 1 aliphatic carbocycles. The fraction of sp³-hybridized carbons (Fsp3) is 1.00. The molecule has 4 nitrogen and oxygen atoms in total. The summed E-state index contributed by atoms with van der Waals surface area (Å²) in [5, 5.41) is 3.32. The predicted octanol–water partition coefficient (Wildman–Crippen LogP) is 8.99. The van der Waals surface area contributed by atoms with Crippen LogP contribution in [0, 0.1) is 41.4 Å². The Labute approximate surface area is 259 Å². The number of nitrogens with one attached hydrogen (secondary N) is 1. The molecule has 4 aliphatic rings. The summed E-state index contributed by atoms with van der Waals surface area (Å²) >= 11 is 0. The Balaban J connectivity index is 0.000000274. The molecule has 4 heteroatoms. The van der Waals surface area contributed by atoms with Gasteiger partial charge >= 0.3 is 0 Å². The van der Waals surface area contributed by atoms with E-state index in [2.05, 4.69) is 84.6 Å². The Morgan fingerprint density at radius 1 is 0.610 bits per heavy atom. The van der Waals surface area contributed by atoms with Crippen molar-refractivity contribution in [3.63, 3.8) is 0 Å². The summed E-state index contributed by atoms with van der Waals surface area (Å²) < 4.78 is 5.53. The molecule has 3 aliphatic heterocycles. The fourth-order valence-corrected chi connectivity index (χ4v) is 7.05. The molecule has 3 saturated heterocycles. The first-order chi connectivity index (χ1) is 19.5. The van der Waals surface area contributed by atoms with Gasteiger partial charge in [0, 0.05) is 13.1 Å². The van der Waals surface area contributed by atoms with Gasteiger partial charge in [-0.3, -0.25) is 0 Å². The number of hydrogen-bond donors (Lipinski definition) is 1. The molecule has 0 spiro atoms. The van der Waals surface area contributed by atoms with Crippen LogP contribution >= 0.6 is 0 Å². The zero-order valence-corrected chi connectivity index (χ0v) is 29.9. The molecule has 1 N–H and O–H groups in total. The summed E-state index contributed by atoms with van der Waals surface area (Å²) in [6, 6.07) is 0. The van der Waals surface area contributed by atoms with E-state index in [-0.39, 0.29) is 0 Å². The average Bonchev–Trinajstić information content (AvgIpc) is 2.92. The van der Waals surface area contributed by atoms with Crippen molar-refractivity contribution in [2.45, 2.75) is 139 Å². The van der Waals surface area contributed by atoms with Gasteiger partial charge in [0.1, 0.15) is 0 Å². The second-order valence-corrected chi connectivity index (χ2v) is 15.7. The molecule has 0 bridgehead atoms. The van der Waals surface area contributed by atoms with Crippen molar-refractivity contribution in [1.29, 1.82) is 0 Å². The minimum absolute atomic E-state index is 0.466. The van der Waals surface area contributed by atoms with Gasteiger partial charge in [0.25, 0.3) is 0 Å². The highest BCUT2D eigenvalue weighted by Crippen LogP contribution is 2.28. The third-order valence-electron chi connectivity index (χ3n) is 9.62. The molecule has 0 aromatic rings. The van der Waals surface area contributed by atoms with E-state index in [9.17, 15) is 0 Å². The number of ether oxygens (including phenoxy) is 1. The summed E-state index contributed by atoms with van der Waals surface area (Å²) in [4.78, 5) is 4.87. The lowest BCUT2D eigenvalue weighted by Gasteiger charge is -2.31. The van der Waals surface area contributed by atoms with Crippen LogP contribution in [0.25, 0.3) is 0 Å². The molecule has 4 fully saturated rings. The molecule has 0 aromatic heterocycles. The first kappa shape index (κ1) is 38.9. The first-order valence-electron chi connectivity index (χ1n) is 18.2. The topological polar surface area (TPSA) is 27.7 Å². The van der Waals surface area contributed by atoms with Crippen molar-refractivity contribution in [3.05, 3.63) is 0 Å². The van der Waals surface area contributed by atoms with E-state index in [1.54, 1.807) is 0 Å². The molecule has 0 amide bonds. The summed E-state index contributed by atoms with van der Waals surface area (Å²) in [7, 11) is 4.45. The number of hydrogen-bond acceptors (Lipinski definition) is 4. The maximum absolute atomic E-state index is 5.53. The normalized spacial score (nSPS) is 24.0. The van der Waals surface area contributed by atoms with Gasteiger partial charge in [-0.25, -0.2) is 0 Å². The standard InChI is InChI=1S/C10H21N.C10H20.C9H19N.C8H17NO/c1-9(2)8-10-4-6-11(3)7-5-10;1-9(2)8-10-6-4-3-5-7-10;1-8(2)9-4-6-10(3)7-5-9;1-7(2)5-8-6-9-3-4-10-8/h9-10H,4-8H2,1-3H3;9-10H,3-8H2,1-2H3;8-9H,4-7H2,1-3H3;7-9H,3-6H2,1-2H3. The lowest BCUT2D eigenvalue weighted by Crippen LogP contribution is -2.39. The third-order valence-corrected chi connectivity index (χ3v) is 9.62. The van der Waals surface area contributed by atoms with Gasteiger partial charge in [-0.2, -0.15) is 0 Å². The molecule has 41 heavy (non-hydrogen) atoms. The Morgan fingerprint density at radius 2 is 1.07 bits per heavy atom. The van der Waals surface area contributed by atoms with E-state index in [1.807, 2.05) is 0 Å². The summed E-state index contributed by atoms with van der Waals surface area (Å²) in [6.45, 7) is 26.7. The monoisotopic (exact) mass is 580 g/mol. The fourth-order valence-electron chi connectivity index (χ4n) is 7.05. The average molecular weight is 580 g/mol. The van der Waals surface area contributed by atoms with Crippen LogP contribution in [0.2, 0.25) is 0 Å². The largest absolute Gasteiger partial charge is 0.376 e. The van der Waals surface area contributed by atoms with Gasteiger partial charge in [-0.15, -0.1) is 0 Å². The number of piperidine rings is 2. The zero-order chi connectivity index (χ0) is 30.6. The van der Waals surface area contributed by atoms with Crippen LogP contribution in [0.1, 0.15) is 132 Å². The van der Waals surface area contributed by atoms with Crippen molar-refractivity contribution in [1.82, 2.24) is 15.1 Å². The van der Waals surface area contributed by atoms with E-state index in [0.717, 1.165) is 61.1 Å². The quantitative estimate of drug-likeness (QED) is 0.326. The van der Waals surface area contributed by atoms with E-state index >= 15 is 0 Å². The highest BCUT2D eigenvalue weighted by Gasteiger charge is 2.19. The Morgan fingerprint density at radius 3 is 1.49 bits per heavy atom. The number of nitrogens with zero attached hydrogens (tertiary/aromatic N) is 2. The lowest BCUT2D eigenvalue weighted by atomic mass is 9.84. The smallest absolute Gasteiger partial charge is 0.0702 e. The molecule has 1 saturated carbocycles. The molecule has 0 aromatic carbocycles. The summed E-state index contributed by atoms with van der Waals surface area (Å²) in [6.07, 6.45) is 17.8. The van der Waals surface area contributed by atoms with E-state index in [4.69, 9.17) is 4.74 Å². The maximum atomic E-state index is 5.53. The van der Waals surface area contributed by atoms with Crippen molar-refractivity contribution < 1.29 is 4.74 Å². The SMILES string of the molecule is CC(C)C1CCN(C)CC1.CC(C)CC1CCCCC1.CC(C)CC1CCN(C)CC1.CC(C)CC1CNCCO1. The van der Waals surface area contributed by atoms with Gasteiger partial charge in [0.15, 0.2) is 0 Å². The van der Waals surface area contributed by atoms with Crippen LogP contribution < -0.4 is 5.32 Å². The maximum Gasteiger partial charge on any atom is 0.0702 e. The predicted molar refractivity (Wildman–Crippen MR) is 183 cm³/mol. The van der Waals surface area contributed by atoms with Crippen LogP contribution in [-0.4, -0.2) is 75.9 Å². The van der Waals surface area contributed by atoms with E-state index in [1.165, 1.54) is 103 Å². The van der Waals surface area contributed by atoms with Crippen LogP contribution in [-0.2, 0) is 4.74 Å².